The van der Waals surface area contributed by atoms with Crippen LogP contribution in [0.25, 0.3) is 0 Å². The van der Waals surface area contributed by atoms with Crippen molar-refractivity contribution in [2.24, 2.45) is 17.8 Å². The van der Waals surface area contributed by atoms with Crippen molar-refractivity contribution in [1.82, 2.24) is 0 Å². The molecule has 1 saturated carbocycles. The molecule has 0 unspecified atom stereocenters. The third kappa shape index (κ3) is 4.21. The highest BCUT2D eigenvalue weighted by molar-refractivity contribution is 5.97. The summed E-state index contributed by atoms with van der Waals surface area (Å²) in [5.41, 5.74) is -1.44. The van der Waals surface area contributed by atoms with Crippen LogP contribution in [-0.2, 0) is 23.9 Å². The molecule has 0 aromatic heterocycles. The first-order chi connectivity index (χ1) is 8.83. The SMILES string of the molecule is CC(C)(C)OC(=O)[C@@H]1C(C(=O)O)[C@H]1C(=O)OC(C)(C)C. The van der Waals surface area contributed by atoms with Crippen molar-refractivity contribution in [2.45, 2.75) is 52.7 Å². The number of carbonyl (C=O) groups is 3. The maximum Gasteiger partial charge on any atom is 0.311 e. The molecule has 1 rings (SSSR count). The molecule has 1 aliphatic carbocycles. The highest BCUT2D eigenvalue weighted by Crippen LogP contribution is 2.49. The van der Waals surface area contributed by atoms with Gasteiger partial charge in [-0.1, -0.05) is 0 Å². The standard InChI is InChI=1S/C14H22O6/c1-13(2,3)19-11(17)8-7(10(15)16)9(8)12(18)20-14(4,5)6/h7-9H,1-6H3,(H,15,16)/t8-,9-/m1/s1. The third-order valence-electron chi connectivity index (χ3n) is 2.66. The van der Waals surface area contributed by atoms with E-state index in [1.165, 1.54) is 0 Å². The number of carboxylic acids is 1. The van der Waals surface area contributed by atoms with Gasteiger partial charge in [0.25, 0.3) is 0 Å². The first kappa shape index (κ1) is 16.5. The van der Waals surface area contributed by atoms with Gasteiger partial charge in [0.05, 0.1) is 17.8 Å². The molecule has 20 heavy (non-hydrogen) atoms. The van der Waals surface area contributed by atoms with Gasteiger partial charge < -0.3 is 14.6 Å². The lowest BCUT2D eigenvalue weighted by Crippen LogP contribution is -2.28. The van der Waals surface area contributed by atoms with Crippen LogP contribution < -0.4 is 0 Å². The van der Waals surface area contributed by atoms with Gasteiger partial charge in [-0.3, -0.25) is 14.4 Å². The summed E-state index contributed by atoms with van der Waals surface area (Å²) in [6, 6.07) is 0. The summed E-state index contributed by atoms with van der Waals surface area (Å²) < 4.78 is 10.3. The van der Waals surface area contributed by atoms with Crippen LogP contribution in [0.1, 0.15) is 41.5 Å². The summed E-state index contributed by atoms with van der Waals surface area (Å²) in [6.07, 6.45) is 0. The first-order valence-electron chi connectivity index (χ1n) is 6.52. The zero-order valence-corrected chi connectivity index (χ0v) is 12.7. The Morgan fingerprint density at radius 2 is 1.05 bits per heavy atom. The van der Waals surface area contributed by atoms with Crippen molar-refractivity contribution in [2.75, 3.05) is 0 Å². The highest BCUT2D eigenvalue weighted by Gasteiger charge is 2.65. The van der Waals surface area contributed by atoms with Crippen LogP contribution in [0.5, 0.6) is 0 Å². The number of rotatable bonds is 3. The van der Waals surface area contributed by atoms with Crippen molar-refractivity contribution in [3.63, 3.8) is 0 Å². The van der Waals surface area contributed by atoms with E-state index in [9.17, 15) is 14.4 Å². The zero-order chi connectivity index (χ0) is 15.9. The number of aliphatic carboxylic acids is 1. The zero-order valence-electron chi connectivity index (χ0n) is 12.7. The molecule has 0 aliphatic heterocycles. The van der Waals surface area contributed by atoms with E-state index < -0.39 is 46.9 Å². The molecule has 114 valence electrons. The molecular formula is C14H22O6. The molecule has 0 amide bonds. The number of esters is 2. The largest absolute Gasteiger partial charge is 0.481 e. The second-order valence-electron chi connectivity index (χ2n) is 6.98. The fourth-order valence-corrected chi connectivity index (χ4v) is 1.94. The molecule has 0 bridgehead atoms. The topological polar surface area (TPSA) is 89.9 Å². The normalized spacial score (nSPS) is 25.8. The quantitative estimate of drug-likeness (QED) is 0.793. The first-order valence-corrected chi connectivity index (χ1v) is 6.52. The van der Waals surface area contributed by atoms with E-state index in [1.54, 1.807) is 41.5 Å². The van der Waals surface area contributed by atoms with Crippen LogP contribution in [0.4, 0.5) is 0 Å². The van der Waals surface area contributed by atoms with Gasteiger partial charge in [-0.05, 0) is 41.5 Å². The smallest absolute Gasteiger partial charge is 0.311 e. The molecule has 0 radical (unpaired) electrons. The van der Waals surface area contributed by atoms with Crippen LogP contribution in [0.2, 0.25) is 0 Å². The van der Waals surface area contributed by atoms with Crippen molar-refractivity contribution in [1.29, 1.82) is 0 Å². The molecule has 1 aliphatic rings. The molecule has 0 saturated heterocycles. The Labute approximate surface area is 118 Å². The maximum atomic E-state index is 11.9. The molecular weight excluding hydrogens is 264 g/mol. The fourth-order valence-electron chi connectivity index (χ4n) is 1.94. The van der Waals surface area contributed by atoms with Gasteiger partial charge in [0, 0.05) is 0 Å². The van der Waals surface area contributed by atoms with Gasteiger partial charge in [-0.15, -0.1) is 0 Å². The van der Waals surface area contributed by atoms with Crippen LogP contribution >= 0.6 is 0 Å². The molecule has 0 aromatic carbocycles. The number of carbonyl (C=O) groups excluding carboxylic acids is 2. The van der Waals surface area contributed by atoms with Gasteiger partial charge in [-0.2, -0.15) is 0 Å². The number of carboxylic acid groups (broad SMARTS) is 1. The van der Waals surface area contributed by atoms with E-state index >= 15 is 0 Å². The summed E-state index contributed by atoms with van der Waals surface area (Å²) in [4.78, 5) is 35.0. The number of ether oxygens (including phenoxy) is 2. The Kier molecular flexibility index (Phi) is 4.17. The summed E-state index contributed by atoms with van der Waals surface area (Å²) in [5, 5.41) is 9.07. The van der Waals surface area contributed by atoms with Gasteiger partial charge in [0.15, 0.2) is 0 Å². The summed E-state index contributed by atoms with van der Waals surface area (Å²) in [6.45, 7) is 10.1. The summed E-state index contributed by atoms with van der Waals surface area (Å²) in [7, 11) is 0. The Morgan fingerprint density at radius 1 is 0.750 bits per heavy atom. The summed E-state index contributed by atoms with van der Waals surface area (Å²) in [5.74, 6) is -5.49. The van der Waals surface area contributed by atoms with Crippen molar-refractivity contribution >= 4 is 17.9 Å². The van der Waals surface area contributed by atoms with Crippen LogP contribution in [-0.4, -0.2) is 34.2 Å². The molecule has 6 nitrogen and oxygen atoms in total. The lowest BCUT2D eigenvalue weighted by molar-refractivity contribution is -0.163. The van der Waals surface area contributed by atoms with Crippen LogP contribution in [0.15, 0.2) is 0 Å². The van der Waals surface area contributed by atoms with E-state index in [0.717, 1.165) is 0 Å². The van der Waals surface area contributed by atoms with Gasteiger partial charge in [-0.25, -0.2) is 0 Å². The minimum atomic E-state index is -1.18. The summed E-state index contributed by atoms with van der Waals surface area (Å²) >= 11 is 0. The maximum absolute atomic E-state index is 11.9. The molecule has 0 spiro atoms. The van der Waals surface area contributed by atoms with Crippen LogP contribution in [0.3, 0.4) is 0 Å². The third-order valence-corrected chi connectivity index (χ3v) is 2.66. The number of hydrogen-bond donors (Lipinski definition) is 1. The Bertz CT molecular complexity index is 392. The van der Waals surface area contributed by atoms with E-state index in [-0.39, 0.29) is 0 Å². The molecule has 6 heteroatoms. The average molecular weight is 286 g/mol. The highest BCUT2D eigenvalue weighted by atomic mass is 16.6. The second kappa shape index (κ2) is 5.07. The minimum absolute atomic E-state index is 0.666. The van der Waals surface area contributed by atoms with Gasteiger partial charge in [0.2, 0.25) is 0 Å². The van der Waals surface area contributed by atoms with E-state index in [4.69, 9.17) is 14.6 Å². The molecule has 2 atom stereocenters. The lowest BCUT2D eigenvalue weighted by atomic mass is 10.2. The number of hydrogen-bond acceptors (Lipinski definition) is 5. The Balaban J connectivity index is 2.79. The Morgan fingerprint density at radius 3 is 1.25 bits per heavy atom. The minimum Gasteiger partial charge on any atom is -0.481 e. The molecule has 1 N–H and O–H groups in total. The predicted octanol–water partition coefficient (Wildman–Crippen LogP) is 1.62. The molecule has 0 heterocycles. The molecule has 0 aromatic rings. The van der Waals surface area contributed by atoms with Crippen molar-refractivity contribution in [3.05, 3.63) is 0 Å². The van der Waals surface area contributed by atoms with Crippen LogP contribution in [0, 0.1) is 17.8 Å². The predicted molar refractivity (Wildman–Crippen MR) is 69.8 cm³/mol. The fraction of sp³-hybridized carbons (Fsp3) is 0.786. The average Bonchev–Trinajstić information content (AvgIpc) is 2.85. The van der Waals surface area contributed by atoms with Gasteiger partial charge in [0.1, 0.15) is 11.2 Å². The van der Waals surface area contributed by atoms with E-state index in [0.29, 0.717) is 0 Å². The molecule has 1 fully saturated rings. The lowest BCUT2D eigenvalue weighted by Gasteiger charge is -2.20. The second-order valence-corrected chi connectivity index (χ2v) is 6.98. The van der Waals surface area contributed by atoms with Gasteiger partial charge >= 0.3 is 17.9 Å². The van der Waals surface area contributed by atoms with Crippen molar-refractivity contribution in [3.8, 4) is 0 Å². The van der Waals surface area contributed by atoms with E-state index in [1.807, 2.05) is 0 Å². The van der Waals surface area contributed by atoms with Crippen molar-refractivity contribution < 1.29 is 29.0 Å². The monoisotopic (exact) mass is 286 g/mol. The Hall–Kier alpha value is -1.59. The van der Waals surface area contributed by atoms with E-state index in [2.05, 4.69) is 0 Å².